The molecule has 1 saturated carbocycles. The Morgan fingerprint density at radius 1 is 1.26 bits per heavy atom. The first-order valence-corrected chi connectivity index (χ1v) is 10.3. The number of carbonyl (C=O) groups is 2. The van der Waals surface area contributed by atoms with Crippen molar-refractivity contribution in [1.29, 1.82) is 0 Å². The molecule has 0 bridgehead atoms. The van der Waals surface area contributed by atoms with Crippen LogP contribution in [-0.2, 0) is 24.4 Å². The smallest absolute Gasteiger partial charge is 0.338 e. The van der Waals surface area contributed by atoms with Crippen molar-refractivity contribution in [3.8, 4) is 0 Å². The monoisotopic (exact) mass is 398 g/mol. The molecular weight excluding hydrogens is 372 g/mol. The molecule has 1 aliphatic carbocycles. The number of benzene rings is 1. The average molecular weight is 398 g/mol. The number of amides is 1. The topological polar surface area (TPSA) is 102 Å². The SMILES string of the molecule is CON(C)S(=O)(=O)c1cccc(C(=O)OCC(=O)NC2CCCCC2C)c1. The minimum absolute atomic E-state index is 0.0411. The second kappa shape index (κ2) is 9.29. The molecule has 1 amide bonds. The highest BCUT2D eigenvalue weighted by atomic mass is 32.2. The number of esters is 1. The Kier molecular flexibility index (Phi) is 7.34. The summed E-state index contributed by atoms with van der Waals surface area (Å²) in [5, 5.41) is 2.90. The van der Waals surface area contributed by atoms with Gasteiger partial charge in [-0.1, -0.05) is 30.3 Å². The zero-order valence-corrected chi connectivity index (χ0v) is 16.6. The van der Waals surface area contributed by atoms with E-state index < -0.39 is 22.6 Å². The molecule has 1 N–H and O–H groups in total. The van der Waals surface area contributed by atoms with E-state index in [-0.39, 0.29) is 22.4 Å². The second-order valence-electron chi connectivity index (χ2n) is 6.64. The predicted octanol–water partition coefficient (Wildman–Crippen LogP) is 1.72. The van der Waals surface area contributed by atoms with Crippen molar-refractivity contribution in [1.82, 2.24) is 9.79 Å². The van der Waals surface area contributed by atoms with Gasteiger partial charge < -0.3 is 10.1 Å². The highest BCUT2D eigenvalue weighted by Gasteiger charge is 2.24. The van der Waals surface area contributed by atoms with E-state index in [1.807, 2.05) is 0 Å². The molecule has 2 rings (SSSR count). The van der Waals surface area contributed by atoms with Crippen LogP contribution < -0.4 is 5.32 Å². The van der Waals surface area contributed by atoms with Gasteiger partial charge in [0, 0.05) is 13.1 Å². The maximum absolute atomic E-state index is 12.2. The number of carbonyl (C=O) groups excluding carboxylic acids is 2. The van der Waals surface area contributed by atoms with Gasteiger partial charge in [-0.2, -0.15) is 0 Å². The van der Waals surface area contributed by atoms with Crippen LogP contribution in [0.4, 0.5) is 0 Å². The molecule has 2 unspecified atom stereocenters. The second-order valence-corrected chi connectivity index (χ2v) is 8.57. The fourth-order valence-electron chi connectivity index (χ4n) is 3.02. The minimum atomic E-state index is -3.88. The number of hydrogen-bond acceptors (Lipinski definition) is 6. The van der Waals surface area contributed by atoms with Crippen LogP contribution in [0.5, 0.6) is 0 Å². The van der Waals surface area contributed by atoms with Crippen LogP contribution in [0.1, 0.15) is 43.0 Å². The van der Waals surface area contributed by atoms with Gasteiger partial charge in [-0.15, -0.1) is 0 Å². The average Bonchev–Trinajstić information content (AvgIpc) is 2.67. The maximum Gasteiger partial charge on any atom is 0.338 e. The molecule has 2 atom stereocenters. The van der Waals surface area contributed by atoms with E-state index in [9.17, 15) is 18.0 Å². The van der Waals surface area contributed by atoms with Crippen LogP contribution in [0.3, 0.4) is 0 Å². The zero-order chi connectivity index (χ0) is 20.0. The number of rotatable bonds is 7. The highest BCUT2D eigenvalue weighted by Crippen LogP contribution is 2.23. The van der Waals surface area contributed by atoms with Gasteiger partial charge in [0.1, 0.15) is 0 Å². The summed E-state index contributed by atoms with van der Waals surface area (Å²) in [5.41, 5.74) is 0.0411. The highest BCUT2D eigenvalue weighted by molar-refractivity contribution is 7.89. The van der Waals surface area contributed by atoms with E-state index in [1.165, 1.54) is 44.8 Å². The van der Waals surface area contributed by atoms with Gasteiger partial charge in [0.05, 0.1) is 17.6 Å². The molecule has 27 heavy (non-hydrogen) atoms. The van der Waals surface area contributed by atoms with E-state index in [0.29, 0.717) is 10.4 Å². The Hall–Kier alpha value is -1.97. The standard InChI is InChI=1S/C18H26N2O6S/c1-13-7-4-5-10-16(13)19-17(21)12-26-18(22)14-8-6-9-15(11-14)27(23,24)20(2)25-3/h6,8-9,11,13,16H,4-5,7,10,12H2,1-3H3,(H,19,21). The summed E-state index contributed by atoms with van der Waals surface area (Å²) in [6.45, 7) is 1.69. The van der Waals surface area contributed by atoms with Crippen LogP contribution in [0.2, 0.25) is 0 Å². The van der Waals surface area contributed by atoms with Crippen LogP contribution in [0.15, 0.2) is 29.2 Å². The third-order valence-electron chi connectivity index (χ3n) is 4.76. The predicted molar refractivity (Wildman–Crippen MR) is 98.2 cm³/mol. The molecule has 0 spiro atoms. The van der Waals surface area contributed by atoms with Gasteiger partial charge in [-0.05, 0) is 37.0 Å². The molecule has 0 aliphatic heterocycles. The summed E-state index contributed by atoms with van der Waals surface area (Å²) in [6.07, 6.45) is 4.24. The Balaban J connectivity index is 1.96. The fourth-order valence-corrected chi connectivity index (χ4v) is 4.04. The molecule has 1 fully saturated rings. The van der Waals surface area contributed by atoms with E-state index in [2.05, 4.69) is 12.2 Å². The molecule has 1 aromatic rings. The molecule has 8 nitrogen and oxygen atoms in total. The van der Waals surface area contributed by atoms with E-state index in [0.717, 1.165) is 19.3 Å². The Labute approximate surface area is 159 Å². The summed E-state index contributed by atoms with van der Waals surface area (Å²) in [5.74, 6) is -0.720. The molecule has 0 radical (unpaired) electrons. The minimum Gasteiger partial charge on any atom is -0.452 e. The van der Waals surface area contributed by atoms with Gasteiger partial charge in [0.25, 0.3) is 15.9 Å². The van der Waals surface area contributed by atoms with Gasteiger partial charge in [-0.3, -0.25) is 9.63 Å². The van der Waals surface area contributed by atoms with Gasteiger partial charge >= 0.3 is 5.97 Å². The van der Waals surface area contributed by atoms with Gasteiger partial charge in [-0.25, -0.2) is 13.2 Å². The van der Waals surface area contributed by atoms with Crippen LogP contribution in [-0.4, -0.2) is 51.6 Å². The van der Waals surface area contributed by atoms with Crippen molar-refractivity contribution in [2.75, 3.05) is 20.8 Å². The molecule has 1 aliphatic rings. The van der Waals surface area contributed by atoms with E-state index in [1.54, 1.807) is 0 Å². The number of hydroxylamine groups is 1. The molecular formula is C18H26N2O6S. The number of ether oxygens (including phenoxy) is 1. The quantitative estimate of drug-likeness (QED) is 0.554. The molecule has 0 saturated heterocycles. The van der Waals surface area contributed by atoms with Crippen molar-refractivity contribution in [2.45, 2.75) is 43.5 Å². The molecule has 9 heteroatoms. The van der Waals surface area contributed by atoms with Crippen molar-refractivity contribution >= 4 is 21.9 Å². The van der Waals surface area contributed by atoms with Crippen molar-refractivity contribution in [3.05, 3.63) is 29.8 Å². The van der Waals surface area contributed by atoms with Crippen molar-refractivity contribution < 1.29 is 27.6 Å². The van der Waals surface area contributed by atoms with E-state index in [4.69, 9.17) is 9.57 Å². The summed E-state index contributed by atoms with van der Waals surface area (Å²) in [7, 11) is -1.41. The number of sulfonamides is 1. The van der Waals surface area contributed by atoms with Crippen molar-refractivity contribution in [3.63, 3.8) is 0 Å². The third kappa shape index (κ3) is 5.50. The Bertz CT molecular complexity index is 780. The summed E-state index contributed by atoms with van der Waals surface area (Å²) >= 11 is 0. The largest absolute Gasteiger partial charge is 0.452 e. The maximum atomic E-state index is 12.2. The lowest BCUT2D eigenvalue weighted by molar-refractivity contribution is -0.125. The van der Waals surface area contributed by atoms with Crippen LogP contribution in [0.25, 0.3) is 0 Å². The van der Waals surface area contributed by atoms with Crippen molar-refractivity contribution in [2.24, 2.45) is 5.92 Å². The summed E-state index contributed by atoms with van der Waals surface area (Å²) in [6, 6.07) is 5.49. The first-order chi connectivity index (χ1) is 12.8. The Morgan fingerprint density at radius 3 is 2.63 bits per heavy atom. The number of nitrogens with zero attached hydrogens (tertiary/aromatic N) is 1. The van der Waals surface area contributed by atoms with Crippen LogP contribution >= 0.6 is 0 Å². The number of nitrogens with one attached hydrogen (secondary N) is 1. The first kappa shape index (κ1) is 21.3. The molecule has 0 heterocycles. The molecule has 1 aromatic carbocycles. The fraction of sp³-hybridized carbons (Fsp3) is 0.556. The number of hydrogen-bond donors (Lipinski definition) is 1. The summed E-state index contributed by atoms with van der Waals surface area (Å²) < 4.78 is 30.2. The third-order valence-corrected chi connectivity index (χ3v) is 6.43. The lowest BCUT2D eigenvalue weighted by Crippen LogP contribution is -2.42. The first-order valence-electron chi connectivity index (χ1n) is 8.85. The Morgan fingerprint density at radius 2 is 1.96 bits per heavy atom. The normalized spacial score (nSPS) is 20.3. The lowest BCUT2D eigenvalue weighted by atomic mass is 9.86. The van der Waals surface area contributed by atoms with Crippen LogP contribution in [0, 0.1) is 5.92 Å². The lowest BCUT2D eigenvalue weighted by Gasteiger charge is -2.29. The molecule has 0 aromatic heterocycles. The van der Waals surface area contributed by atoms with Gasteiger partial charge in [0.15, 0.2) is 6.61 Å². The van der Waals surface area contributed by atoms with E-state index >= 15 is 0 Å². The summed E-state index contributed by atoms with van der Waals surface area (Å²) in [4.78, 5) is 28.8. The zero-order valence-electron chi connectivity index (χ0n) is 15.8. The van der Waals surface area contributed by atoms with Gasteiger partial charge in [0.2, 0.25) is 0 Å². The molecule has 150 valence electrons.